The lowest BCUT2D eigenvalue weighted by atomic mass is 10.2. The van der Waals surface area contributed by atoms with E-state index < -0.39 is 0 Å². The van der Waals surface area contributed by atoms with Gasteiger partial charge in [0.25, 0.3) is 0 Å². The molecule has 19 heavy (non-hydrogen) atoms. The highest BCUT2D eigenvalue weighted by atomic mass is 16.2. The highest BCUT2D eigenvalue weighted by molar-refractivity contribution is 5.89. The number of hydrogen-bond donors (Lipinski definition) is 2. The molecule has 3 amide bonds. The molecule has 1 saturated heterocycles. The molecule has 0 spiro atoms. The number of nitrogens with one attached hydrogen (secondary N) is 2. The molecule has 2 N–H and O–H groups in total. The summed E-state index contributed by atoms with van der Waals surface area (Å²) in [5.74, 6) is 0.0587. The second kappa shape index (κ2) is 5.73. The number of nitrogens with zero attached hydrogens (tertiary/aromatic N) is 1. The molecule has 1 aliphatic heterocycles. The van der Waals surface area contributed by atoms with Crippen LogP contribution in [-0.4, -0.2) is 36.0 Å². The van der Waals surface area contributed by atoms with E-state index in [9.17, 15) is 9.59 Å². The Hall–Kier alpha value is -2.04. The lowest BCUT2D eigenvalue weighted by molar-refractivity contribution is -0.127. The molecule has 1 heterocycles. The molecule has 2 rings (SSSR count). The number of hydrogen-bond acceptors (Lipinski definition) is 2. The van der Waals surface area contributed by atoms with Gasteiger partial charge in [0.2, 0.25) is 5.91 Å². The zero-order valence-electron chi connectivity index (χ0n) is 11.3. The lowest BCUT2D eigenvalue weighted by Gasteiger charge is -2.15. The zero-order valence-corrected chi connectivity index (χ0v) is 11.3. The maximum Gasteiger partial charge on any atom is 0.319 e. The van der Waals surface area contributed by atoms with Gasteiger partial charge in [0.1, 0.15) is 0 Å². The largest absolute Gasteiger partial charge is 0.341 e. The SMILES string of the molecule is CC(=O)N1CC[C@H](NC(=O)Nc2cccc(C)c2)C1. The van der Waals surface area contributed by atoms with Gasteiger partial charge in [-0.1, -0.05) is 12.1 Å². The van der Waals surface area contributed by atoms with E-state index in [0.717, 1.165) is 17.7 Å². The Kier molecular flexibility index (Phi) is 4.04. The van der Waals surface area contributed by atoms with E-state index in [-0.39, 0.29) is 18.0 Å². The summed E-state index contributed by atoms with van der Waals surface area (Å²) in [5, 5.41) is 5.69. The Bertz CT molecular complexity index is 487. The molecule has 102 valence electrons. The van der Waals surface area contributed by atoms with E-state index in [1.54, 1.807) is 11.8 Å². The second-order valence-corrected chi connectivity index (χ2v) is 4.92. The Balaban J connectivity index is 1.84. The first-order valence-electron chi connectivity index (χ1n) is 6.44. The zero-order chi connectivity index (χ0) is 13.8. The fourth-order valence-electron chi connectivity index (χ4n) is 2.24. The third-order valence-electron chi connectivity index (χ3n) is 3.24. The maximum absolute atomic E-state index is 11.8. The minimum Gasteiger partial charge on any atom is -0.341 e. The first-order chi connectivity index (χ1) is 9.04. The van der Waals surface area contributed by atoms with Crippen LogP contribution in [0.2, 0.25) is 0 Å². The minimum absolute atomic E-state index is 0.0358. The number of carbonyl (C=O) groups is 2. The van der Waals surface area contributed by atoms with E-state index in [1.807, 2.05) is 31.2 Å². The fraction of sp³-hybridized carbons (Fsp3) is 0.429. The number of amides is 3. The fourth-order valence-corrected chi connectivity index (χ4v) is 2.24. The quantitative estimate of drug-likeness (QED) is 0.851. The van der Waals surface area contributed by atoms with Gasteiger partial charge < -0.3 is 15.5 Å². The highest BCUT2D eigenvalue weighted by Gasteiger charge is 2.25. The molecule has 1 aliphatic rings. The third kappa shape index (κ3) is 3.71. The van der Waals surface area contributed by atoms with Gasteiger partial charge in [-0.15, -0.1) is 0 Å². The molecule has 1 atom stereocenters. The van der Waals surface area contributed by atoms with Crippen molar-refractivity contribution in [3.8, 4) is 0 Å². The maximum atomic E-state index is 11.8. The average Bonchev–Trinajstić information content (AvgIpc) is 2.77. The van der Waals surface area contributed by atoms with Gasteiger partial charge in [-0.25, -0.2) is 4.79 Å². The summed E-state index contributed by atoms with van der Waals surface area (Å²) in [5.41, 5.74) is 1.88. The van der Waals surface area contributed by atoms with Crippen molar-refractivity contribution in [3.63, 3.8) is 0 Å². The topological polar surface area (TPSA) is 61.4 Å². The highest BCUT2D eigenvalue weighted by Crippen LogP contribution is 2.11. The summed E-state index contributed by atoms with van der Waals surface area (Å²) < 4.78 is 0. The van der Waals surface area contributed by atoms with Crippen LogP contribution in [-0.2, 0) is 4.79 Å². The molecule has 0 aromatic heterocycles. The van der Waals surface area contributed by atoms with Crippen LogP contribution in [0, 0.1) is 6.92 Å². The summed E-state index contributed by atoms with van der Waals surface area (Å²) >= 11 is 0. The molecule has 5 heteroatoms. The lowest BCUT2D eigenvalue weighted by Crippen LogP contribution is -2.40. The van der Waals surface area contributed by atoms with Crippen molar-refractivity contribution >= 4 is 17.6 Å². The normalized spacial score (nSPS) is 18.2. The van der Waals surface area contributed by atoms with E-state index >= 15 is 0 Å². The van der Waals surface area contributed by atoms with E-state index in [1.165, 1.54) is 0 Å². The number of benzene rings is 1. The Morgan fingerprint density at radius 2 is 2.16 bits per heavy atom. The van der Waals surface area contributed by atoms with Gasteiger partial charge in [0.05, 0.1) is 0 Å². The summed E-state index contributed by atoms with van der Waals surface area (Å²) in [6.07, 6.45) is 0.806. The van der Waals surface area contributed by atoms with Gasteiger partial charge in [0.15, 0.2) is 0 Å². The number of aryl methyl sites for hydroxylation is 1. The van der Waals surface area contributed by atoms with Crippen LogP contribution >= 0.6 is 0 Å². The predicted molar refractivity (Wildman–Crippen MR) is 74.0 cm³/mol. The number of rotatable bonds is 2. The Morgan fingerprint density at radius 1 is 1.37 bits per heavy atom. The Labute approximate surface area is 113 Å². The van der Waals surface area contributed by atoms with E-state index in [4.69, 9.17) is 0 Å². The summed E-state index contributed by atoms with van der Waals surface area (Å²) in [6.45, 7) is 4.83. The third-order valence-corrected chi connectivity index (χ3v) is 3.24. The van der Waals surface area contributed by atoms with Crippen LogP contribution in [0.3, 0.4) is 0 Å². The van der Waals surface area contributed by atoms with Crippen molar-refractivity contribution in [2.24, 2.45) is 0 Å². The molecule has 0 unspecified atom stereocenters. The van der Waals surface area contributed by atoms with Crippen molar-refractivity contribution in [2.75, 3.05) is 18.4 Å². The van der Waals surface area contributed by atoms with Crippen LogP contribution < -0.4 is 10.6 Å². The van der Waals surface area contributed by atoms with Crippen molar-refractivity contribution in [2.45, 2.75) is 26.3 Å². The van der Waals surface area contributed by atoms with Crippen LogP contribution in [0.4, 0.5) is 10.5 Å². The van der Waals surface area contributed by atoms with Gasteiger partial charge in [0, 0.05) is 31.7 Å². The first kappa shape index (κ1) is 13.4. The van der Waals surface area contributed by atoms with Crippen LogP contribution in [0.25, 0.3) is 0 Å². The van der Waals surface area contributed by atoms with Crippen molar-refractivity contribution in [1.82, 2.24) is 10.2 Å². The molecule has 1 fully saturated rings. The summed E-state index contributed by atoms with van der Waals surface area (Å²) in [4.78, 5) is 24.8. The summed E-state index contributed by atoms with van der Waals surface area (Å²) in [6, 6.07) is 7.46. The molecular formula is C14H19N3O2. The van der Waals surface area contributed by atoms with Crippen molar-refractivity contribution in [1.29, 1.82) is 0 Å². The molecule has 0 saturated carbocycles. The average molecular weight is 261 g/mol. The van der Waals surface area contributed by atoms with E-state index in [0.29, 0.717) is 13.1 Å². The first-order valence-corrected chi connectivity index (χ1v) is 6.44. The number of carbonyl (C=O) groups excluding carboxylic acids is 2. The van der Waals surface area contributed by atoms with Gasteiger partial charge >= 0.3 is 6.03 Å². The summed E-state index contributed by atoms with van der Waals surface area (Å²) in [7, 11) is 0. The van der Waals surface area contributed by atoms with Crippen molar-refractivity contribution < 1.29 is 9.59 Å². The van der Waals surface area contributed by atoms with Crippen LogP contribution in [0.15, 0.2) is 24.3 Å². The van der Waals surface area contributed by atoms with Crippen LogP contribution in [0.1, 0.15) is 18.9 Å². The predicted octanol–water partition coefficient (Wildman–Crippen LogP) is 1.74. The monoisotopic (exact) mass is 261 g/mol. The molecule has 1 aromatic carbocycles. The molecule has 5 nitrogen and oxygen atoms in total. The van der Waals surface area contributed by atoms with Gasteiger partial charge in [-0.05, 0) is 31.0 Å². The minimum atomic E-state index is -0.221. The number of anilines is 1. The van der Waals surface area contributed by atoms with Gasteiger partial charge in [-0.2, -0.15) is 0 Å². The molecule has 0 bridgehead atoms. The standard InChI is InChI=1S/C14H19N3O2/c1-10-4-3-5-12(8-10)15-14(19)16-13-6-7-17(9-13)11(2)18/h3-5,8,13H,6-7,9H2,1-2H3,(H2,15,16,19)/t13-/m0/s1. The number of likely N-dealkylation sites (tertiary alicyclic amines) is 1. The molecular weight excluding hydrogens is 242 g/mol. The number of urea groups is 1. The molecule has 0 radical (unpaired) electrons. The van der Waals surface area contributed by atoms with E-state index in [2.05, 4.69) is 10.6 Å². The molecule has 0 aliphatic carbocycles. The van der Waals surface area contributed by atoms with Crippen LogP contribution in [0.5, 0.6) is 0 Å². The van der Waals surface area contributed by atoms with Gasteiger partial charge in [-0.3, -0.25) is 4.79 Å². The Morgan fingerprint density at radius 3 is 2.79 bits per heavy atom. The smallest absolute Gasteiger partial charge is 0.319 e. The molecule has 1 aromatic rings. The second-order valence-electron chi connectivity index (χ2n) is 4.92. The van der Waals surface area contributed by atoms with Crippen molar-refractivity contribution in [3.05, 3.63) is 29.8 Å².